The van der Waals surface area contributed by atoms with Crippen molar-refractivity contribution in [2.24, 2.45) is 0 Å². The van der Waals surface area contributed by atoms with Crippen molar-refractivity contribution in [3.05, 3.63) is 23.8 Å². The third kappa shape index (κ3) is 4.66. The van der Waals surface area contributed by atoms with Crippen molar-refractivity contribution < 1.29 is 27.4 Å². The summed E-state index contributed by atoms with van der Waals surface area (Å²) in [6.07, 6.45) is -0.280. The molecule has 1 aromatic rings. The van der Waals surface area contributed by atoms with E-state index in [1.165, 1.54) is 15.7 Å². The van der Waals surface area contributed by atoms with Crippen molar-refractivity contribution in [3.63, 3.8) is 0 Å². The van der Waals surface area contributed by atoms with E-state index in [-0.39, 0.29) is 31.2 Å². The number of piperazine rings is 1. The molecule has 0 saturated carbocycles. The van der Waals surface area contributed by atoms with Crippen molar-refractivity contribution in [2.45, 2.75) is 26.1 Å². The standard InChI is InChI=1S/C19H29N3O6S/c1-14-12-22(13-15(2)28-14)29(24,25)21-9-7-20(8-10-21)19(23)17-6-5-16(26-3)11-18(17)27-4/h5-6,11,14-15H,7-10,12-13H2,1-4H3/t14-,15+. The minimum Gasteiger partial charge on any atom is -0.497 e. The van der Waals surface area contributed by atoms with Gasteiger partial charge in [-0.3, -0.25) is 4.79 Å². The topological polar surface area (TPSA) is 88.6 Å². The number of hydrogen-bond acceptors (Lipinski definition) is 6. The third-order valence-corrected chi connectivity index (χ3v) is 7.17. The first-order valence-corrected chi connectivity index (χ1v) is 11.1. The second-order valence-corrected chi connectivity index (χ2v) is 9.27. The van der Waals surface area contributed by atoms with E-state index >= 15 is 0 Å². The van der Waals surface area contributed by atoms with Gasteiger partial charge < -0.3 is 19.1 Å². The van der Waals surface area contributed by atoms with Crippen LogP contribution >= 0.6 is 0 Å². The predicted octanol–water partition coefficient (Wildman–Crippen LogP) is 0.816. The van der Waals surface area contributed by atoms with Crippen LogP contribution in [0.1, 0.15) is 24.2 Å². The minimum absolute atomic E-state index is 0.140. The highest BCUT2D eigenvalue weighted by Gasteiger charge is 2.37. The monoisotopic (exact) mass is 427 g/mol. The highest BCUT2D eigenvalue weighted by molar-refractivity contribution is 7.86. The number of nitrogens with zero attached hydrogens (tertiary/aromatic N) is 3. The van der Waals surface area contributed by atoms with Gasteiger partial charge in [0.05, 0.1) is 32.0 Å². The van der Waals surface area contributed by atoms with Crippen LogP contribution in [0.5, 0.6) is 11.5 Å². The summed E-state index contributed by atoms with van der Waals surface area (Å²) in [7, 11) is -0.531. The molecule has 2 aliphatic heterocycles. The Hall–Kier alpha value is -1.88. The number of ether oxygens (including phenoxy) is 3. The molecule has 2 aliphatic rings. The zero-order chi connectivity index (χ0) is 21.2. The molecular weight excluding hydrogens is 398 g/mol. The summed E-state index contributed by atoms with van der Waals surface area (Å²) in [6.45, 7) is 5.59. The largest absolute Gasteiger partial charge is 0.497 e. The van der Waals surface area contributed by atoms with Crippen LogP contribution in [-0.2, 0) is 14.9 Å². The van der Waals surface area contributed by atoms with E-state index < -0.39 is 10.2 Å². The van der Waals surface area contributed by atoms with Crippen LogP contribution in [0, 0.1) is 0 Å². The van der Waals surface area contributed by atoms with Crippen LogP contribution in [0.15, 0.2) is 18.2 Å². The zero-order valence-electron chi connectivity index (χ0n) is 17.3. The lowest BCUT2D eigenvalue weighted by Gasteiger charge is -2.40. The Labute approximate surface area is 172 Å². The molecule has 1 aromatic carbocycles. The summed E-state index contributed by atoms with van der Waals surface area (Å²) < 4.78 is 45.1. The molecule has 0 aromatic heterocycles. The second-order valence-electron chi connectivity index (χ2n) is 7.34. The molecular formula is C19H29N3O6S. The van der Waals surface area contributed by atoms with Gasteiger partial charge in [-0.25, -0.2) is 0 Å². The second kappa shape index (κ2) is 8.86. The summed E-state index contributed by atoms with van der Waals surface area (Å²) in [6, 6.07) is 5.03. The molecule has 0 spiro atoms. The Balaban J connectivity index is 1.66. The average Bonchev–Trinajstić information content (AvgIpc) is 2.72. The molecule has 0 unspecified atom stereocenters. The van der Waals surface area contributed by atoms with Crippen molar-refractivity contribution in [2.75, 3.05) is 53.5 Å². The van der Waals surface area contributed by atoms with Gasteiger partial charge in [0.25, 0.3) is 16.1 Å². The molecule has 0 N–H and O–H groups in total. The average molecular weight is 428 g/mol. The molecule has 2 heterocycles. The summed E-state index contributed by atoms with van der Waals surface area (Å²) in [5.74, 6) is 0.846. The van der Waals surface area contributed by atoms with Crippen LogP contribution in [0.4, 0.5) is 0 Å². The van der Waals surface area contributed by atoms with Gasteiger partial charge in [0.2, 0.25) is 0 Å². The van der Waals surface area contributed by atoms with Gasteiger partial charge in [0.15, 0.2) is 0 Å². The number of rotatable bonds is 5. The molecule has 2 saturated heterocycles. The first-order chi connectivity index (χ1) is 13.8. The molecule has 10 heteroatoms. The van der Waals surface area contributed by atoms with Gasteiger partial charge >= 0.3 is 0 Å². The molecule has 0 radical (unpaired) electrons. The quantitative estimate of drug-likeness (QED) is 0.691. The van der Waals surface area contributed by atoms with E-state index in [1.807, 2.05) is 13.8 Å². The van der Waals surface area contributed by atoms with Gasteiger partial charge in [-0.2, -0.15) is 17.0 Å². The maximum Gasteiger partial charge on any atom is 0.282 e. The molecule has 2 atom stereocenters. The normalized spacial score (nSPS) is 24.3. The summed E-state index contributed by atoms with van der Waals surface area (Å²) in [4.78, 5) is 14.6. The first-order valence-electron chi connectivity index (χ1n) is 9.68. The summed E-state index contributed by atoms with van der Waals surface area (Å²) in [5, 5.41) is 0. The Morgan fingerprint density at radius 3 is 2.17 bits per heavy atom. The van der Waals surface area contributed by atoms with E-state index in [9.17, 15) is 13.2 Å². The molecule has 29 heavy (non-hydrogen) atoms. The third-order valence-electron chi connectivity index (χ3n) is 5.20. The number of amides is 1. The Kier molecular flexibility index (Phi) is 6.67. The fourth-order valence-electron chi connectivity index (χ4n) is 3.75. The highest BCUT2D eigenvalue weighted by atomic mass is 32.2. The number of benzene rings is 1. The van der Waals surface area contributed by atoms with Gasteiger partial charge in [-0.15, -0.1) is 0 Å². The van der Waals surface area contributed by atoms with Crippen molar-refractivity contribution in [1.82, 2.24) is 13.5 Å². The van der Waals surface area contributed by atoms with Crippen LogP contribution in [0.3, 0.4) is 0 Å². The van der Waals surface area contributed by atoms with Crippen LogP contribution in [0.25, 0.3) is 0 Å². The van der Waals surface area contributed by atoms with Gasteiger partial charge in [-0.1, -0.05) is 0 Å². The minimum atomic E-state index is -3.58. The maximum absolute atomic E-state index is 13.0. The van der Waals surface area contributed by atoms with Crippen LogP contribution in [0.2, 0.25) is 0 Å². The van der Waals surface area contributed by atoms with E-state index in [4.69, 9.17) is 14.2 Å². The lowest BCUT2D eigenvalue weighted by molar-refractivity contribution is -0.0457. The number of carbonyl (C=O) groups is 1. The molecule has 1 amide bonds. The molecule has 9 nitrogen and oxygen atoms in total. The Morgan fingerprint density at radius 1 is 1.00 bits per heavy atom. The first kappa shape index (κ1) is 21.8. The maximum atomic E-state index is 13.0. The number of morpholine rings is 1. The van der Waals surface area contributed by atoms with E-state index in [1.54, 1.807) is 30.2 Å². The van der Waals surface area contributed by atoms with Crippen LogP contribution in [-0.4, -0.2) is 93.5 Å². The lowest BCUT2D eigenvalue weighted by Crippen LogP contribution is -2.57. The Morgan fingerprint density at radius 2 is 1.62 bits per heavy atom. The zero-order valence-corrected chi connectivity index (χ0v) is 18.1. The molecule has 2 fully saturated rings. The SMILES string of the molecule is COc1ccc(C(=O)N2CCN(S(=O)(=O)N3C[C@@H](C)O[C@@H](C)C3)CC2)c(OC)c1. The van der Waals surface area contributed by atoms with Crippen LogP contribution < -0.4 is 9.47 Å². The fraction of sp³-hybridized carbons (Fsp3) is 0.632. The van der Waals surface area contributed by atoms with E-state index in [2.05, 4.69) is 0 Å². The predicted molar refractivity (Wildman–Crippen MR) is 108 cm³/mol. The van der Waals surface area contributed by atoms with E-state index in [0.717, 1.165) is 0 Å². The summed E-state index contributed by atoms with van der Waals surface area (Å²) >= 11 is 0. The van der Waals surface area contributed by atoms with Crippen molar-refractivity contribution in [3.8, 4) is 11.5 Å². The van der Waals surface area contributed by atoms with Crippen molar-refractivity contribution >= 4 is 16.1 Å². The molecule has 0 aliphatic carbocycles. The lowest BCUT2D eigenvalue weighted by atomic mass is 10.1. The molecule has 0 bridgehead atoms. The number of methoxy groups -OCH3 is 2. The van der Waals surface area contributed by atoms with Gasteiger partial charge in [0, 0.05) is 45.3 Å². The number of hydrogen-bond donors (Lipinski definition) is 0. The summed E-state index contributed by atoms with van der Waals surface area (Å²) in [5.41, 5.74) is 0.431. The van der Waals surface area contributed by atoms with Gasteiger partial charge in [0.1, 0.15) is 11.5 Å². The highest BCUT2D eigenvalue weighted by Crippen LogP contribution is 2.26. The van der Waals surface area contributed by atoms with E-state index in [0.29, 0.717) is 43.2 Å². The molecule has 162 valence electrons. The number of carbonyl (C=O) groups excluding carboxylic acids is 1. The van der Waals surface area contributed by atoms with Gasteiger partial charge in [-0.05, 0) is 26.0 Å². The molecule has 3 rings (SSSR count). The fourth-order valence-corrected chi connectivity index (χ4v) is 5.50. The smallest absolute Gasteiger partial charge is 0.282 e. The Bertz CT molecular complexity index is 828. The van der Waals surface area contributed by atoms with Crippen molar-refractivity contribution in [1.29, 1.82) is 0 Å².